The highest BCUT2D eigenvalue weighted by Gasteiger charge is 2.20. The summed E-state index contributed by atoms with van der Waals surface area (Å²) in [6.45, 7) is 0. The van der Waals surface area contributed by atoms with Crippen molar-refractivity contribution < 1.29 is 14.1 Å². The quantitative estimate of drug-likeness (QED) is 0.157. The van der Waals surface area contributed by atoms with Gasteiger partial charge in [0.15, 0.2) is 11.0 Å². The number of thioether (sulfide) groups is 1. The van der Waals surface area contributed by atoms with Gasteiger partial charge in [-0.05, 0) is 42.5 Å². The number of halogens is 2. The van der Waals surface area contributed by atoms with E-state index in [1.54, 1.807) is 12.1 Å². The number of carbonyl (C=O) groups excluding carboxylic acids is 1. The van der Waals surface area contributed by atoms with E-state index < -0.39 is 22.3 Å². The minimum atomic E-state index is -0.978. The number of nitro benzene ring substituents is 1. The Hall–Kier alpha value is -4.22. The van der Waals surface area contributed by atoms with E-state index in [-0.39, 0.29) is 11.4 Å². The van der Waals surface area contributed by atoms with Gasteiger partial charge in [-0.25, -0.2) is 0 Å². The van der Waals surface area contributed by atoms with Gasteiger partial charge in [-0.15, -0.1) is 10.2 Å². The number of aromatic nitrogens is 4. The molecule has 0 saturated heterocycles. The molecular weight excluding hydrogens is 507 g/mol. The third-order valence-corrected chi connectivity index (χ3v) is 6.49. The van der Waals surface area contributed by atoms with Crippen LogP contribution < -0.4 is 5.32 Å². The highest BCUT2D eigenvalue weighted by atomic mass is 35.5. The van der Waals surface area contributed by atoms with Crippen LogP contribution in [0.1, 0.15) is 0 Å². The maximum absolute atomic E-state index is 13.6. The molecule has 5 rings (SSSR count). The Morgan fingerprint density at radius 3 is 2.69 bits per heavy atom. The zero-order valence-electron chi connectivity index (χ0n) is 18.3. The van der Waals surface area contributed by atoms with Gasteiger partial charge in [0.2, 0.25) is 11.7 Å². The van der Waals surface area contributed by atoms with Crippen molar-refractivity contribution in [1.82, 2.24) is 19.7 Å². The summed E-state index contributed by atoms with van der Waals surface area (Å²) in [5, 5.41) is 24.2. The Morgan fingerprint density at radius 2 is 1.92 bits per heavy atom. The fourth-order valence-corrected chi connectivity index (χ4v) is 4.55. The van der Waals surface area contributed by atoms with Crippen molar-refractivity contribution >= 4 is 51.5 Å². The predicted molar refractivity (Wildman–Crippen MR) is 136 cm³/mol. The first-order valence-electron chi connectivity index (χ1n) is 10.5. The van der Waals surface area contributed by atoms with Crippen LogP contribution in [-0.2, 0) is 4.79 Å². The lowest BCUT2D eigenvalue weighted by Gasteiger charge is -2.10. The molecule has 0 atom stereocenters. The number of anilines is 1. The maximum atomic E-state index is 13.6. The number of H-pyrrole nitrogens is 1. The molecule has 180 valence electrons. The van der Waals surface area contributed by atoms with Crippen molar-refractivity contribution in [3.63, 3.8) is 0 Å². The fourth-order valence-electron chi connectivity index (χ4n) is 3.67. The molecule has 2 aromatic heterocycles. The molecule has 5 aromatic rings. The molecule has 36 heavy (non-hydrogen) atoms. The van der Waals surface area contributed by atoms with E-state index in [1.165, 1.54) is 6.07 Å². The standard InChI is InChI=1S/C24H16ClFN6O3S/c25-14-5-8-16(9-6-14)31-23(18-12-27-20-4-2-1-3-17(18)20)29-30-24(31)36-13-22(33)28-15-7-10-19(26)21(11-15)32(34)35/h1-12,27H,13H2,(H,28,33). The molecule has 9 nitrogen and oxygen atoms in total. The zero-order valence-corrected chi connectivity index (χ0v) is 19.9. The van der Waals surface area contributed by atoms with E-state index in [1.807, 2.05) is 47.2 Å². The van der Waals surface area contributed by atoms with Gasteiger partial charge in [0.05, 0.1) is 10.7 Å². The van der Waals surface area contributed by atoms with E-state index in [0.717, 1.165) is 46.0 Å². The molecule has 0 aliphatic heterocycles. The van der Waals surface area contributed by atoms with Crippen LogP contribution in [0.25, 0.3) is 28.0 Å². The molecule has 0 aliphatic carbocycles. The van der Waals surface area contributed by atoms with Gasteiger partial charge in [-0.2, -0.15) is 4.39 Å². The van der Waals surface area contributed by atoms with Gasteiger partial charge < -0.3 is 10.3 Å². The average molecular weight is 523 g/mol. The van der Waals surface area contributed by atoms with Crippen molar-refractivity contribution in [2.75, 3.05) is 11.1 Å². The second-order valence-electron chi connectivity index (χ2n) is 7.63. The van der Waals surface area contributed by atoms with Crippen molar-refractivity contribution in [1.29, 1.82) is 0 Å². The van der Waals surface area contributed by atoms with Crippen molar-refractivity contribution in [2.24, 2.45) is 0 Å². The normalized spacial score (nSPS) is 11.1. The molecule has 0 radical (unpaired) electrons. The summed E-state index contributed by atoms with van der Waals surface area (Å²) in [7, 11) is 0. The first kappa shape index (κ1) is 23.5. The number of carbonyl (C=O) groups is 1. The minimum absolute atomic E-state index is 0.0647. The smallest absolute Gasteiger partial charge is 0.306 e. The Balaban J connectivity index is 1.44. The van der Waals surface area contributed by atoms with Crippen LogP contribution in [0, 0.1) is 15.9 Å². The molecule has 1 amide bonds. The molecule has 2 N–H and O–H groups in total. The molecule has 0 saturated carbocycles. The number of rotatable bonds is 7. The summed E-state index contributed by atoms with van der Waals surface area (Å²) in [5.74, 6) is -0.912. The third-order valence-electron chi connectivity index (χ3n) is 5.31. The molecular formula is C24H16ClFN6O3S. The van der Waals surface area contributed by atoms with E-state index in [0.29, 0.717) is 16.0 Å². The van der Waals surface area contributed by atoms with E-state index in [2.05, 4.69) is 20.5 Å². The number of nitrogens with zero attached hydrogens (tertiary/aromatic N) is 4. The molecule has 3 aromatic carbocycles. The van der Waals surface area contributed by atoms with E-state index in [4.69, 9.17) is 11.6 Å². The Kier molecular flexibility index (Phi) is 6.40. The topological polar surface area (TPSA) is 119 Å². The number of hydrogen-bond acceptors (Lipinski definition) is 6. The highest BCUT2D eigenvalue weighted by molar-refractivity contribution is 7.99. The monoisotopic (exact) mass is 522 g/mol. The second kappa shape index (κ2) is 9.80. The van der Waals surface area contributed by atoms with Crippen LogP contribution in [0.4, 0.5) is 15.8 Å². The van der Waals surface area contributed by atoms with Gasteiger partial charge in [0.25, 0.3) is 0 Å². The SMILES string of the molecule is O=C(CSc1nnc(-c2c[nH]c3ccccc23)n1-c1ccc(Cl)cc1)Nc1ccc(F)c([N+](=O)[O-])c1. The first-order valence-corrected chi connectivity index (χ1v) is 11.9. The van der Waals surface area contributed by atoms with Gasteiger partial charge in [-0.1, -0.05) is 41.6 Å². The number of nitro groups is 1. The zero-order chi connectivity index (χ0) is 25.2. The van der Waals surface area contributed by atoms with Gasteiger partial charge in [0.1, 0.15) is 0 Å². The molecule has 0 fully saturated rings. The molecule has 0 bridgehead atoms. The average Bonchev–Trinajstić information content (AvgIpc) is 3.48. The van der Waals surface area contributed by atoms with Gasteiger partial charge in [0, 0.05) is 45.1 Å². The lowest BCUT2D eigenvalue weighted by atomic mass is 10.1. The molecule has 12 heteroatoms. The summed E-state index contributed by atoms with van der Waals surface area (Å²) in [5.41, 5.74) is 1.93. The van der Waals surface area contributed by atoms with Crippen LogP contribution >= 0.6 is 23.4 Å². The van der Waals surface area contributed by atoms with Crippen LogP contribution in [0.15, 0.2) is 78.1 Å². The summed E-state index contributed by atoms with van der Waals surface area (Å²) < 4.78 is 15.4. The molecule has 0 unspecified atom stereocenters. The number of hydrogen-bond donors (Lipinski definition) is 2. The first-order chi connectivity index (χ1) is 17.4. The summed E-state index contributed by atoms with van der Waals surface area (Å²) in [6.07, 6.45) is 1.85. The second-order valence-corrected chi connectivity index (χ2v) is 9.01. The highest BCUT2D eigenvalue weighted by Crippen LogP contribution is 2.33. The number of fused-ring (bicyclic) bond motifs is 1. The number of amides is 1. The number of nitrogens with one attached hydrogen (secondary N) is 2. The van der Waals surface area contributed by atoms with E-state index >= 15 is 0 Å². The number of aromatic amines is 1. The number of benzene rings is 3. The van der Waals surface area contributed by atoms with Crippen LogP contribution in [-0.4, -0.2) is 36.3 Å². The summed E-state index contributed by atoms with van der Waals surface area (Å²) in [4.78, 5) is 25.9. The van der Waals surface area contributed by atoms with Crippen LogP contribution in [0.3, 0.4) is 0 Å². The Bertz CT molecular complexity index is 1600. The van der Waals surface area contributed by atoms with Crippen molar-refractivity contribution in [3.05, 3.63) is 93.9 Å². The molecule has 2 heterocycles. The lowest BCUT2D eigenvalue weighted by molar-refractivity contribution is -0.387. The predicted octanol–water partition coefficient (Wildman–Crippen LogP) is 5.85. The minimum Gasteiger partial charge on any atom is -0.360 e. The summed E-state index contributed by atoms with van der Waals surface area (Å²) >= 11 is 7.22. The van der Waals surface area contributed by atoms with Gasteiger partial charge in [-0.3, -0.25) is 19.5 Å². The van der Waals surface area contributed by atoms with Gasteiger partial charge >= 0.3 is 5.69 Å². The molecule has 0 aliphatic rings. The Morgan fingerprint density at radius 1 is 1.14 bits per heavy atom. The lowest BCUT2D eigenvalue weighted by Crippen LogP contribution is -2.15. The Labute approximate surface area is 212 Å². The fraction of sp³-hybridized carbons (Fsp3) is 0.0417. The molecule has 0 spiro atoms. The maximum Gasteiger partial charge on any atom is 0.306 e. The van der Waals surface area contributed by atoms with Crippen LogP contribution in [0.2, 0.25) is 5.02 Å². The number of para-hydroxylation sites is 1. The van der Waals surface area contributed by atoms with E-state index in [9.17, 15) is 19.3 Å². The largest absolute Gasteiger partial charge is 0.360 e. The van der Waals surface area contributed by atoms with Crippen molar-refractivity contribution in [2.45, 2.75) is 5.16 Å². The van der Waals surface area contributed by atoms with Crippen LogP contribution in [0.5, 0.6) is 0 Å². The third kappa shape index (κ3) is 4.66. The summed E-state index contributed by atoms with van der Waals surface area (Å²) in [6, 6.07) is 18.1. The van der Waals surface area contributed by atoms with Crippen molar-refractivity contribution in [3.8, 4) is 17.1 Å².